The third-order valence-electron chi connectivity index (χ3n) is 8.81. The Balaban J connectivity index is 1.61. The number of carbonyl (C=O) groups excluding carboxylic acids is 1. The van der Waals surface area contributed by atoms with Crippen molar-refractivity contribution in [2.75, 3.05) is 6.54 Å². The van der Waals surface area contributed by atoms with Crippen LogP contribution in [-0.2, 0) is 19.6 Å². The molecule has 2 aromatic rings. The highest BCUT2D eigenvalue weighted by molar-refractivity contribution is 7.91. The first kappa shape index (κ1) is 30.2. The maximum atomic E-state index is 14.4. The molecular formula is C29H32Cl2F2N2O5S. The highest BCUT2D eigenvalue weighted by atomic mass is 35.5. The van der Waals surface area contributed by atoms with Crippen LogP contribution >= 0.6 is 23.2 Å². The first-order valence-electron chi connectivity index (χ1n) is 13.6. The average Bonchev–Trinajstić information content (AvgIpc) is 3.80. The molecule has 3 aliphatic rings. The minimum Gasteiger partial charge on any atom is -0.481 e. The van der Waals surface area contributed by atoms with Gasteiger partial charge in [0.2, 0.25) is 15.9 Å². The molecule has 5 rings (SSSR count). The summed E-state index contributed by atoms with van der Waals surface area (Å²) in [6.45, 7) is 1.37. The Morgan fingerprint density at radius 2 is 1.76 bits per heavy atom. The number of sulfonamides is 1. The van der Waals surface area contributed by atoms with Crippen LogP contribution < -0.4 is 4.72 Å². The molecule has 1 amide bonds. The number of hydrogen-bond acceptors (Lipinski definition) is 4. The molecule has 2 saturated carbocycles. The number of piperidine rings is 1. The van der Waals surface area contributed by atoms with Crippen molar-refractivity contribution in [3.8, 4) is 0 Å². The van der Waals surface area contributed by atoms with Gasteiger partial charge in [-0.15, -0.1) is 0 Å². The van der Waals surface area contributed by atoms with Crippen molar-refractivity contribution in [3.05, 3.63) is 69.7 Å². The Morgan fingerprint density at radius 3 is 2.29 bits per heavy atom. The lowest BCUT2D eigenvalue weighted by atomic mass is 9.67. The van der Waals surface area contributed by atoms with Crippen molar-refractivity contribution in [1.29, 1.82) is 0 Å². The predicted octanol–water partition coefficient (Wildman–Crippen LogP) is 6.03. The smallest absolute Gasteiger partial charge is 0.304 e. The van der Waals surface area contributed by atoms with Crippen LogP contribution in [0.1, 0.15) is 68.5 Å². The summed E-state index contributed by atoms with van der Waals surface area (Å²) in [4.78, 5) is 28.0. The third-order valence-corrected chi connectivity index (χ3v) is 11.5. The van der Waals surface area contributed by atoms with Crippen LogP contribution in [0.25, 0.3) is 0 Å². The summed E-state index contributed by atoms with van der Waals surface area (Å²) in [6.07, 6.45) is -2.05. The molecule has 4 atom stereocenters. The molecule has 0 bridgehead atoms. The Hall–Kier alpha value is -2.27. The fraction of sp³-hybridized carbons (Fsp3) is 0.517. The summed E-state index contributed by atoms with van der Waals surface area (Å²) in [5.74, 6) is -2.02. The minimum atomic E-state index is -4.38. The molecule has 0 radical (unpaired) electrons. The SMILES string of the molecule is CC1(CC(=O)O)CC(c2cccc(Cl)c2)C(c2ccc(Cl)cc2)N(C(CNS(=O)(=O)C2(C(F)F)CC2)C2CC2)C1=O. The van der Waals surface area contributed by atoms with Gasteiger partial charge in [-0.1, -0.05) is 54.4 Å². The number of nitrogens with one attached hydrogen (secondary N) is 1. The van der Waals surface area contributed by atoms with E-state index in [0.717, 1.165) is 24.0 Å². The summed E-state index contributed by atoms with van der Waals surface area (Å²) >= 11 is 12.6. The van der Waals surface area contributed by atoms with Crippen molar-refractivity contribution >= 4 is 45.1 Å². The second-order valence-corrected chi connectivity index (χ2v) is 14.8. The van der Waals surface area contributed by atoms with Gasteiger partial charge in [-0.2, -0.15) is 0 Å². The molecular weight excluding hydrogens is 597 g/mol. The first-order valence-corrected chi connectivity index (χ1v) is 15.8. The molecule has 41 heavy (non-hydrogen) atoms. The van der Waals surface area contributed by atoms with Gasteiger partial charge in [0.25, 0.3) is 6.43 Å². The van der Waals surface area contributed by atoms with Crippen LogP contribution in [0.4, 0.5) is 8.78 Å². The number of carbonyl (C=O) groups is 2. The van der Waals surface area contributed by atoms with E-state index < -0.39 is 62.9 Å². The molecule has 1 heterocycles. The van der Waals surface area contributed by atoms with E-state index in [9.17, 15) is 31.9 Å². The number of nitrogens with zero attached hydrogens (tertiary/aromatic N) is 1. The quantitative estimate of drug-likeness (QED) is 0.316. The molecule has 1 saturated heterocycles. The van der Waals surface area contributed by atoms with E-state index in [0.29, 0.717) is 10.0 Å². The molecule has 3 fully saturated rings. The third kappa shape index (κ3) is 5.85. The minimum absolute atomic E-state index is 0.0784. The molecule has 0 spiro atoms. The maximum Gasteiger partial charge on any atom is 0.304 e. The van der Waals surface area contributed by atoms with Crippen LogP contribution in [0.3, 0.4) is 0 Å². The lowest BCUT2D eigenvalue weighted by molar-refractivity contribution is -0.161. The monoisotopic (exact) mass is 628 g/mol. The van der Waals surface area contributed by atoms with Gasteiger partial charge < -0.3 is 10.0 Å². The Kier molecular flexibility index (Phi) is 8.17. The van der Waals surface area contributed by atoms with Crippen molar-refractivity contribution in [3.63, 3.8) is 0 Å². The van der Waals surface area contributed by atoms with Crippen LogP contribution in [0.5, 0.6) is 0 Å². The van der Waals surface area contributed by atoms with Crippen molar-refractivity contribution < 1.29 is 31.9 Å². The highest BCUT2D eigenvalue weighted by Gasteiger charge is 2.62. The molecule has 7 nitrogen and oxygen atoms in total. The first-order chi connectivity index (χ1) is 19.3. The molecule has 12 heteroatoms. The largest absolute Gasteiger partial charge is 0.481 e. The number of rotatable bonds is 11. The average molecular weight is 630 g/mol. The Morgan fingerprint density at radius 1 is 1.10 bits per heavy atom. The zero-order chi connectivity index (χ0) is 29.7. The van der Waals surface area contributed by atoms with Gasteiger partial charge in [0.15, 0.2) is 0 Å². The predicted molar refractivity (Wildman–Crippen MR) is 152 cm³/mol. The number of likely N-dealkylation sites (tertiary alicyclic amines) is 1. The van der Waals surface area contributed by atoms with Gasteiger partial charge in [-0.05, 0) is 73.4 Å². The van der Waals surface area contributed by atoms with Gasteiger partial charge in [0.1, 0.15) is 4.75 Å². The van der Waals surface area contributed by atoms with Crippen molar-refractivity contribution in [1.82, 2.24) is 9.62 Å². The summed E-state index contributed by atoms with van der Waals surface area (Å²) in [7, 11) is -4.38. The van der Waals surface area contributed by atoms with Crippen LogP contribution in [0, 0.1) is 11.3 Å². The lowest BCUT2D eigenvalue weighted by Crippen LogP contribution is -2.59. The molecule has 0 aromatic heterocycles. The summed E-state index contributed by atoms with van der Waals surface area (Å²) in [5, 5.41) is 10.8. The molecule has 2 aromatic carbocycles. The second kappa shape index (κ2) is 11.1. The number of carboxylic acid groups (broad SMARTS) is 1. The summed E-state index contributed by atoms with van der Waals surface area (Å²) in [6, 6.07) is 12.9. The van der Waals surface area contributed by atoms with Gasteiger partial charge in [-0.25, -0.2) is 21.9 Å². The number of halogens is 4. The number of amides is 1. The zero-order valence-electron chi connectivity index (χ0n) is 22.4. The number of alkyl halides is 2. The van der Waals surface area contributed by atoms with E-state index >= 15 is 0 Å². The van der Waals surface area contributed by atoms with Gasteiger partial charge in [0, 0.05) is 28.5 Å². The van der Waals surface area contributed by atoms with E-state index in [-0.39, 0.29) is 31.7 Å². The van der Waals surface area contributed by atoms with E-state index in [1.807, 2.05) is 6.07 Å². The molecule has 222 valence electrons. The zero-order valence-corrected chi connectivity index (χ0v) is 24.7. The highest BCUT2D eigenvalue weighted by Crippen LogP contribution is 2.54. The van der Waals surface area contributed by atoms with Gasteiger partial charge in [-0.3, -0.25) is 9.59 Å². The van der Waals surface area contributed by atoms with Crippen LogP contribution in [0.15, 0.2) is 48.5 Å². The van der Waals surface area contributed by atoms with Crippen LogP contribution in [0.2, 0.25) is 10.0 Å². The lowest BCUT2D eigenvalue weighted by Gasteiger charge is -2.52. The number of aliphatic carboxylic acids is 1. The Labute approximate surface area is 248 Å². The topological polar surface area (TPSA) is 104 Å². The van der Waals surface area contributed by atoms with Gasteiger partial charge in [0.05, 0.1) is 17.9 Å². The molecule has 2 aliphatic carbocycles. The standard InChI is InChI=1S/C29H32Cl2F2N2O5S/c1-28(15-24(36)37)14-22(19-3-2-4-21(31)13-19)25(18-7-9-20(30)10-8-18)35(27(28)38)23(17-5-6-17)16-34-41(39,40)29(11-12-29)26(32)33/h2-4,7-10,13,17,22-23,25-26,34H,5-6,11-12,14-16H2,1H3,(H,36,37). The van der Waals surface area contributed by atoms with E-state index in [2.05, 4.69) is 4.72 Å². The molecule has 4 unspecified atom stereocenters. The summed E-state index contributed by atoms with van der Waals surface area (Å²) < 4.78 is 53.9. The summed E-state index contributed by atoms with van der Waals surface area (Å²) in [5.41, 5.74) is 0.232. The van der Waals surface area contributed by atoms with Crippen molar-refractivity contribution in [2.24, 2.45) is 11.3 Å². The normalized spacial score (nSPS) is 26.7. The Bertz CT molecular complexity index is 1430. The molecule has 1 aliphatic heterocycles. The number of carboxylic acids is 1. The fourth-order valence-corrected chi connectivity index (χ4v) is 8.16. The second-order valence-electron chi connectivity index (χ2n) is 11.8. The van der Waals surface area contributed by atoms with Crippen LogP contribution in [-0.4, -0.2) is 54.1 Å². The van der Waals surface area contributed by atoms with E-state index in [4.69, 9.17) is 23.2 Å². The van der Waals surface area contributed by atoms with E-state index in [1.165, 1.54) is 0 Å². The van der Waals surface area contributed by atoms with Gasteiger partial charge >= 0.3 is 5.97 Å². The van der Waals surface area contributed by atoms with E-state index in [1.54, 1.807) is 54.3 Å². The maximum absolute atomic E-state index is 14.4. The number of hydrogen-bond donors (Lipinski definition) is 2. The fourth-order valence-electron chi connectivity index (χ4n) is 6.28. The van der Waals surface area contributed by atoms with Crippen molar-refractivity contribution in [2.45, 2.75) is 74.6 Å². The molecule has 2 N–H and O–H groups in total. The number of benzene rings is 2.